The van der Waals surface area contributed by atoms with Crippen molar-refractivity contribution in [1.29, 1.82) is 5.26 Å². The highest BCUT2D eigenvalue weighted by molar-refractivity contribution is 5.66. The predicted octanol–water partition coefficient (Wildman–Crippen LogP) is 2.81. The van der Waals surface area contributed by atoms with Crippen LogP contribution in [0.25, 0.3) is 0 Å². The minimum absolute atomic E-state index is 0.321. The van der Waals surface area contributed by atoms with Crippen molar-refractivity contribution in [3.8, 4) is 6.07 Å². The average Bonchev–Trinajstić information content (AvgIpc) is 2.51. The van der Waals surface area contributed by atoms with Crippen molar-refractivity contribution in [1.82, 2.24) is 10.8 Å². The number of hydrogen-bond acceptors (Lipinski definition) is 5. The lowest BCUT2D eigenvalue weighted by atomic mass is 10.1. The number of carbonyl (C=O) groups excluding carboxylic acids is 1. The zero-order valence-corrected chi connectivity index (χ0v) is 13.3. The van der Waals surface area contributed by atoms with Gasteiger partial charge in [0, 0.05) is 25.8 Å². The number of anilines is 1. The number of hydrogen-bond donors (Lipinski definition) is 2. The van der Waals surface area contributed by atoms with Crippen LogP contribution >= 0.6 is 0 Å². The van der Waals surface area contributed by atoms with Gasteiger partial charge in [-0.1, -0.05) is 0 Å². The van der Waals surface area contributed by atoms with Gasteiger partial charge in [0.2, 0.25) is 0 Å². The van der Waals surface area contributed by atoms with Crippen LogP contribution in [0.3, 0.4) is 0 Å². The van der Waals surface area contributed by atoms with Crippen LogP contribution < -0.4 is 15.7 Å². The van der Waals surface area contributed by atoms with Gasteiger partial charge in [-0.2, -0.15) is 37.1 Å². The summed E-state index contributed by atoms with van der Waals surface area (Å²) in [5, 5.41) is 10.9. The van der Waals surface area contributed by atoms with Gasteiger partial charge in [-0.3, -0.25) is 0 Å². The van der Waals surface area contributed by atoms with Crippen molar-refractivity contribution >= 4 is 11.8 Å². The molecule has 2 N–H and O–H groups in total. The molecule has 0 spiro atoms. The van der Waals surface area contributed by atoms with E-state index in [9.17, 15) is 31.1 Å². The molecule has 1 aromatic carbocycles. The Hall–Kier alpha value is -2.68. The number of nitrogens with zero attached hydrogens (tertiary/aromatic N) is 2. The molecule has 144 valence electrons. The molecule has 0 heterocycles. The molecule has 0 bridgehead atoms. The van der Waals surface area contributed by atoms with E-state index in [1.54, 1.807) is 0 Å². The molecule has 1 amide bonds. The third kappa shape index (κ3) is 6.67. The summed E-state index contributed by atoms with van der Waals surface area (Å²) in [6.45, 7) is -2.31. The Balaban J connectivity index is 3.07. The number of benzene rings is 1. The van der Waals surface area contributed by atoms with E-state index in [1.807, 2.05) is 0 Å². The highest BCUT2D eigenvalue weighted by Gasteiger charge is 2.36. The summed E-state index contributed by atoms with van der Waals surface area (Å²) in [6.07, 6.45) is -10.6. The molecule has 0 fully saturated rings. The van der Waals surface area contributed by atoms with Gasteiger partial charge in [0.15, 0.2) is 0 Å². The van der Waals surface area contributed by atoms with Gasteiger partial charge >= 0.3 is 18.4 Å². The lowest BCUT2D eigenvalue weighted by molar-refractivity contribution is -0.137. The zero-order chi connectivity index (χ0) is 20.0. The molecule has 0 atom stereocenters. The number of halogens is 6. The van der Waals surface area contributed by atoms with Gasteiger partial charge < -0.3 is 15.1 Å². The Bertz CT molecular complexity index is 669. The first kappa shape index (κ1) is 21.4. The molecule has 0 unspecified atom stereocenters. The van der Waals surface area contributed by atoms with Crippen LogP contribution in [0.2, 0.25) is 0 Å². The van der Waals surface area contributed by atoms with Crippen molar-refractivity contribution in [3.05, 3.63) is 29.3 Å². The number of amides is 1. The fourth-order valence-electron chi connectivity index (χ4n) is 2.00. The molecule has 0 aliphatic heterocycles. The Morgan fingerprint density at radius 1 is 1.27 bits per heavy atom. The van der Waals surface area contributed by atoms with E-state index in [1.165, 1.54) is 13.1 Å². The molecule has 12 heteroatoms. The smallest absolute Gasteiger partial charge is 0.361 e. The fourth-order valence-corrected chi connectivity index (χ4v) is 2.00. The second-order valence-electron chi connectivity index (χ2n) is 4.90. The average molecular weight is 384 g/mol. The maximum absolute atomic E-state index is 13.0. The lowest BCUT2D eigenvalue weighted by Crippen LogP contribution is -2.41. The Labute approximate surface area is 144 Å². The van der Waals surface area contributed by atoms with Gasteiger partial charge in [-0.25, -0.2) is 4.79 Å². The Morgan fingerprint density at radius 2 is 1.92 bits per heavy atom. The van der Waals surface area contributed by atoms with Crippen molar-refractivity contribution < 1.29 is 36.0 Å². The van der Waals surface area contributed by atoms with Crippen LogP contribution in [0.5, 0.6) is 0 Å². The standard InChI is InChI=1S/C14H14F6N4O2/c1-22-26-12(25)23-4-5-24(8-13(15,16)17)10-3-2-9(7-21)11(6-10)14(18,19)20/h2-3,6,22H,4-5,8H2,1H3,(H,23,25). The maximum Gasteiger partial charge on any atom is 0.426 e. The van der Waals surface area contributed by atoms with Gasteiger partial charge in [-0.15, -0.1) is 0 Å². The zero-order valence-electron chi connectivity index (χ0n) is 13.3. The Morgan fingerprint density at radius 3 is 2.42 bits per heavy atom. The van der Waals surface area contributed by atoms with E-state index in [2.05, 4.69) is 15.6 Å². The van der Waals surface area contributed by atoms with Crippen LogP contribution in [0, 0.1) is 11.3 Å². The van der Waals surface area contributed by atoms with Gasteiger partial charge in [0.05, 0.1) is 17.2 Å². The molecule has 0 aromatic heterocycles. The molecular formula is C14H14F6N4O2. The van der Waals surface area contributed by atoms with Crippen LogP contribution in [0.4, 0.5) is 36.8 Å². The summed E-state index contributed by atoms with van der Waals surface area (Å²) in [7, 11) is 1.28. The van der Waals surface area contributed by atoms with Crippen LogP contribution in [0.15, 0.2) is 18.2 Å². The van der Waals surface area contributed by atoms with Gasteiger partial charge in [-0.05, 0) is 18.2 Å². The molecule has 1 rings (SSSR count). The van der Waals surface area contributed by atoms with E-state index in [-0.39, 0.29) is 6.54 Å². The third-order valence-corrected chi connectivity index (χ3v) is 3.01. The SMILES string of the molecule is CNOC(=O)NCCN(CC(F)(F)F)c1ccc(C#N)c(C(F)(F)F)c1. The van der Waals surface area contributed by atoms with Gasteiger partial charge in [0.25, 0.3) is 0 Å². The van der Waals surface area contributed by atoms with Gasteiger partial charge in [0.1, 0.15) is 6.54 Å². The molecule has 26 heavy (non-hydrogen) atoms. The van der Waals surface area contributed by atoms with Crippen molar-refractivity contribution in [2.45, 2.75) is 12.4 Å². The first-order valence-electron chi connectivity index (χ1n) is 7.02. The molecule has 0 saturated carbocycles. The Kier molecular flexibility index (Phi) is 7.08. The third-order valence-electron chi connectivity index (χ3n) is 3.01. The topological polar surface area (TPSA) is 77.4 Å². The van der Waals surface area contributed by atoms with Crippen molar-refractivity contribution in [3.63, 3.8) is 0 Å². The summed E-state index contributed by atoms with van der Waals surface area (Å²) >= 11 is 0. The number of nitriles is 1. The normalized spacial score (nSPS) is 11.6. The molecule has 0 saturated heterocycles. The summed E-state index contributed by atoms with van der Waals surface area (Å²) in [4.78, 5) is 16.0. The number of hydroxylamine groups is 1. The van der Waals surface area contributed by atoms with Crippen molar-refractivity contribution in [2.24, 2.45) is 0 Å². The van der Waals surface area contributed by atoms with E-state index in [4.69, 9.17) is 5.26 Å². The lowest BCUT2D eigenvalue weighted by Gasteiger charge is -2.27. The second-order valence-corrected chi connectivity index (χ2v) is 4.90. The van der Waals surface area contributed by atoms with E-state index in [0.717, 1.165) is 12.1 Å². The van der Waals surface area contributed by atoms with Crippen molar-refractivity contribution in [2.75, 3.05) is 31.6 Å². The second kappa shape index (κ2) is 8.61. The van der Waals surface area contributed by atoms with Crippen LogP contribution in [-0.2, 0) is 11.0 Å². The molecule has 6 nitrogen and oxygen atoms in total. The monoisotopic (exact) mass is 384 g/mol. The van der Waals surface area contributed by atoms with E-state index >= 15 is 0 Å². The first-order chi connectivity index (χ1) is 12.0. The molecule has 0 radical (unpaired) electrons. The minimum Gasteiger partial charge on any atom is -0.361 e. The largest absolute Gasteiger partial charge is 0.426 e. The highest BCUT2D eigenvalue weighted by Crippen LogP contribution is 2.35. The number of rotatable bonds is 6. The molecule has 0 aliphatic rings. The number of carbonyl (C=O) groups is 1. The molecule has 1 aromatic rings. The predicted molar refractivity (Wildman–Crippen MR) is 78.0 cm³/mol. The maximum atomic E-state index is 13.0. The van der Waals surface area contributed by atoms with E-state index in [0.29, 0.717) is 11.0 Å². The van der Waals surface area contributed by atoms with Crippen LogP contribution in [0.1, 0.15) is 11.1 Å². The fraction of sp³-hybridized carbons (Fsp3) is 0.429. The molecule has 0 aliphatic carbocycles. The van der Waals surface area contributed by atoms with E-state index < -0.39 is 48.3 Å². The van der Waals surface area contributed by atoms with Crippen LogP contribution in [-0.4, -0.2) is 39.0 Å². The number of alkyl halides is 6. The quantitative estimate of drug-likeness (QED) is 0.583. The first-order valence-corrected chi connectivity index (χ1v) is 7.02. The summed E-state index contributed by atoms with van der Waals surface area (Å²) in [5.74, 6) is 0. The summed E-state index contributed by atoms with van der Waals surface area (Å²) in [6, 6.07) is 3.59. The minimum atomic E-state index is -4.90. The molecular weight excluding hydrogens is 370 g/mol. The highest BCUT2D eigenvalue weighted by atomic mass is 19.4. The summed E-state index contributed by atoms with van der Waals surface area (Å²) < 4.78 is 77.2. The number of nitrogens with one attached hydrogen (secondary N) is 2. The summed E-state index contributed by atoms with van der Waals surface area (Å²) in [5.41, 5.74) is -0.385.